The Kier molecular flexibility index (Phi) is 3.14. The average molecular weight is 260 g/mol. The molecule has 1 aromatic heterocycles. The molecule has 102 valence electrons. The average Bonchev–Trinajstić information content (AvgIpc) is 3.01. The van der Waals surface area contributed by atoms with Gasteiger partial charge >= 0.3 is 0 Å². The molecule has 3 atom stereocenters. The largest absolute Gasteiger partial charge is 0.363 e. The molecule has 0 aliphatic carbocycles. The van der Waals surface area contributed by atoms with Crippen LogP contribution in [0.25, 0.3) is 0 Å². The van der Waals surface area contributed by atoms with E-state index < -0.39 is 0 Å². The highest BCUT2D eigenvalue weighted by Crippen LogP contribution is 2.33. The second kappa shape index (κ2) is 4.81. The van der Waals surface area contributed by atoms with Gasteiger partial charge in [-0.1, -0.05) is 0 Å². The van der Waals surface area contributed by atoms with Gasteiger partial charge < -0.3 is 15.5 Å². The molecule has 19 heavy (non-hydrogen) atoms. The zero-order chi connectivity index (χ0) is 13.4. The number of hydrogen-bond donors (Lipinski definition) is 2. The molecule has 2 aliphatic rings. The van der Waals surface area contributed by atoms with Crippen molar-refractivity contribution in [2.75, 3.05) is 24.3 Å². The van der Waals surface area contributed by atoms with Gasteiger partial charge in [0.05, 0.1) is 17.8 Å². The van der Waals surface area contributed by atoms with Crippen molar-refractivity contribution in [2.24, 2.45) is 5.92 Å². The number of carbonyl (C=O) groups excluding carboxylic acids is 1. The van der Waals surface area contributed by atoms with E-state index >= 15 is 0 Å². The molecule has 1 aromatic rings. The van der Waals surface area contributed by atoms with Gasteiger partial charge in [-0.05, 0) is 31.4 Å². The quantitative estimate of drug-likeness (QED) is 0.858. The maximum absolute atomic E-state index is 12.2. The molecular weight excluding hydrogens is 240 g/mol. The number of hydrogen-bond acceptors (Lipinski definition) is 4. The van der Waals surface area contributed by atoms with Crippen LogP contribution in [-0.4, -0.2) is 37.1 Å². The topological polar surface area (TPSA) is 57.3 Å². The molecule has 0 spiro atoms. The zero-order valence-electron chi connectivity index (χ0n) is 11.4. The van der Waals surface area contributed by atoms with Gasteiger partial charge in [0.2, 0.25) is 5.91 Å². The van der Waals surface area contributed by atoms with Crippen molar-refractivity contribution in [3.8, 4) is 0 Å². The third-order valence-corrected chi connectivity index (χ3v) is 4.11. The number of nitrogens with one attached hydrogen (secondary N) is 2. The molecule has 0 radical (unpaired) electrons. The number of rotatable bonds is 3. The Hall–Kier alpha value is -1.62. The summed E-state index contributed by atoms with van der Waals surface area (Å²) in [6.45, 7) is 0. The molecule has 0 aromatic carbocycles. The Morgan fingerprint density at radius 2 is 2.26 bits per heavy atom. The third-order valence-electron chi connectivity index (χ3n) is 4.11. The van der Waals surface area contributed by atoms with Crippen molar-refractivity contribution in [3.63, 3.8) is 0 Å². The van der Waals surface area contributed by atoms with Gasteiger partial charge in [-0.15, -0.1) is 0 Å². The summed E-state index contributed by atoms with van der Waals surface area (Å²) < 4.78 is 0. The molecule has 2 fully saturated rings. The fourth-order valence-corrected chi connectivity index (χ4v) is 3.07. The summed E-state index contributed by atoms with van der Waals surface area (Å²) >= 11 is 0. The van der Waals surface area contributed by atoms with E-state index in [-0.39, 0.29) is 11.8 Å². The van der Waals surface area contributed by atoms with Crippen molar-refractivity contribution in [1.29, 1.82) is 0 Å². The summed E-state index contributed by atoms with van der Waals surface area (Å²) in [6, 6.07) is 4.74. The highest BCUT2D eigenvalue weighted by Gasteiger charge is 2.42. The molecule has 2 saturated heterocycles. The van der Waals surface area contributed by atoms with Gasteiger partial charge in [0.1, 0.15) is 5.82 Å². The van der Waals surface area contributed by atoms with Gasteiger partial charge in [-0.3, -0.25) is 4.79 Å². The zero-order valence-corrected chi connectivity index (χ0v) is 11.4. The van der Waals surface area contributed by atoms with Crippen LogP contribution in [0.15, 0.2) is 18.3 Å². The Labute approximate surface area is 113 Å². The molecule has 3 unspecified atom stereocenters. The van der Waals surface area contributed by atoms with Gasteiger partial charge in [0, 0.05) is 26.2 Å². The minimum atomic E-state index is 0.118. The number of aromatic nitrogens is 1. The van der Waals surface area contributed by atoms with Crippen LogP contribution in [0.3, 0.4) is 0 Å². The van der Waals surface area contributed by atoms with Crippen LogP contribution in [0.1, 0.15) is 19.3 Å². The Morgan fingerprint density at radius 1 is 1.42 bits per heavy atom. The Bertz CT molecular complexity index is 471. The molecule has 2 N–H and O–H groups in total. The Balaban J connectivity index is 1.63. The second-order valence-electron chi connectivity index (χ2n) is 5.68. The van der Waals surface area contributed by atoms with Crippen LogP contribution in [-0.2, 0) is 4.79 Å². The van der Waals surface area contributed by atoms with Crippen molar-refractivity contribution < 1.29 is 4.79 Å². The van der Waals surface area contributed by atoms with Crippen LogP contribution in [0.4, 0.5) is 11.5 Å². The Morgan fingerprint density at radius 3 is 2.79 bits per heavy atom. The first kappa shape index (κ1) is 12.4. The van der Waals surface area contributed by atoms with Gasteiger partial charge in [-0.2, -0.15) is 0 Å². The van der Waals surface area contributed by atoms with Crippen molar-refractivity contribution in [3.05, 3.63) is 18.3 Å². The molecule has 2 aliphatic heterocycles. The van der Waals surface area contributed by atoms with E-state index in [1.807, 2.05) is 31.1 Å². The minimum Gasteiger partial charge on any atom is -0.363 e. The van der Waals surface area contributed by atoms with Crippen LogP contribution in [0.5, 0.6) is 0 Å². The maximum atomic E-state index is 12.2. The van der Waals surface area contributed by atoms with Crippen LogP contribution >= 0.6 is 0 Å². The summed E-state index contributed by atoms with van der Waals surface area (Å²) in [5, 5.41) is 6.46. The smallest absolute Gasteiger partial charge is 0.229 e. The summed E-state index contributed by atoms with van der Waals surface area (Å²) in [6.07, 6.45) is 5.03. The number of anilines is 2. The molecule has 3 heterocycles. The summed E-state index contributed by atoms with van der Waals surface area (Å²) in [5.74, 6) is 1.13. The number of fused-ring (bicyclic) bond motifs is 2. The molecule has 2 bridgehead atoms. The molecule has 1 amide bonds. The van der Waals surface area contributed by atoms with E-state index in [0.29, 0.717) is 12.1 Å². The number of carbonyl (C=O) groups is 1. The first-order valence-corrected chi connectivity index (χ1v) is 6.84. The maximum Gasteiger partial charge on any atom is 0.229 e. The normalized spacial score (nSPS) is 28.4. The van der Waals surface area contributed by atoms with Crippen molar-refractivity contribution in [1.82, 2.24) is 10.3 Å². The highest BCUT2D eigenvalue weighted by atomic mass is 16.2. The second-order valence-corrected chi connectivity index (χ2v) is 5.68. The van der Waals surface area contributed by atoms with E-state index in [1.165, 1.54) is 6.42 Å². The standard InChI is InChI=1S/C14H20N4O/c1-18(2)13-6-4-10(8-15-13)17-14(19)11-7-9-3-5-12(11)16-9/h4,6,8-9,11-12,16H,3,5,7H2,1-2H3,(H,17,19). The van der Waals surface area contributed by atoms with E-state index in [2.05, 4.69) is 15.6 Å². The van der Waals surface area contributed by atoms with Crippen LogP contribution < -0.4 is 15.5 Å². The molecular formula is C14H20N4O. The summed E-state index contributed by atoms with van der Waals surface area (Å²) in [5.41, 5.74) is 0.776. The molecule has 5 nitrogen and oxygen atoms in total. The number of pyridine rings is 1. The lowest BCUT2D eigenvalue weighted by molar-refractivity contribution is -0.120. The lowest BCUT2D eigenvalue weighted by Crippen LogP contribution is -2.32. The van der Waals surface area contributed by atoms with E-state index in [4.69, 9.17) is 0 Å². The SMILES string of the molecule is CN(C)c1ccc(NC(=O)C2CC3CCC2N3)cn1. The third kappa shape index (κ3) is 2.42. The number of nitrogens with zero attached hydrogens (tertiary/aromatic N) is 2. The minimum absolute atomic E-state index is 0.118. The van der Waals surface area contributed by atoms with E-state index in [1.54, 1.807) is 6.20 Å². The number of amides is 1. The molecule has 3 rings (SSSR count). The monoisotopic (exact) mass is 260 g/mol. The molecule has 0 saturated carbocycles. The van der Waals surface area contributed by atoms with Gasteiger partial charge in [0.25, 0.3) is 0 Å². The van der Waals surface area contributed by atoms with Crippen molar-refractivity contribution >= 4 is 17.4 Å². The van der Waals surface area contributed by atoms with E-state index in [9.17, 15) is 4.79 Å². The van der Waals surface area contributed by atoms with E-state index in [0.717, 1.165) is 24.3 Å². The lowest BCUT2D eigenvalue weighted by atomic mass is 9.88. The predicted molar refractivity (Wildman–Crippen MR) is 75.2 cm³/mol. The fraction of sp³-hybridized carbons (Fsp3) is 0.571. The van der Waals surface area contributed by atoms with Crippen LogP contribution in [0, 0.1) is 5.92 Å². The lowest BCUT2D eigenvalue weighted by Gasteiger charge is -2.19. The van der Waals surface area contributed by atoms with Gasteiger partial charge in [0.15, 0.2) is 0 Å². The van der Waals surface area contributed by atoms with Crippen LogP contribution in [0.2, 0.25) is 0 Å². The summed E-state index contributed by atoms with van der Waals surface area (Å²) in [7, 11) is 3.89. The summed E-state index contributed by atoms with van der Waals surface area (Å²) in [4.78, 5) is 18.5. The highest BCUT2D eigenvalue weighted by molar-refractivity contribution is 5.93. The fourth-order valence-electron chi connectivity index (χ4n) is 3.07. The van der Waals surface area contributed by atoms with Gasteiger partial charge in [-0.25, -0.2) is 4.98 Å². The first-order valence-electron chi connectivity index (χ1n) is 6.84. The first-order chi connectivity index (χ1) is 9.13. The molecule has 5 heteroatoms. The predicted octanol–water partition coefficient (Wildman–Crippen LogP) is 1.23. The van der Waals surface area contributed by atoms with Crippen molar-refractivity contribution in [2.45, 2.75) is 31.3 Å².